The number of amides is 1. The normalized spacial score (nSPS) is 11.9. The van der Waals surface area contributed by atoms with Crippen LogP contribution in [-0.2, 0) is 0 Å². The fourth-order valence-corrected chi connectivity index (χ4v) is 3.15. The van der Waals surface area contributed by atoms with Gasteiger partial charge in [0.15, 0.2) is 0 Å². The third-order valence-corrected chi connectivity index (χ3v) is 4.62. The topological polar surface area (TPSA) is 67.8 Å². The van der Waals surface area contributed by atoms with Crippen LogP contribution in [0.3, 0.4) is 0 Å². The summed E-state index contributed by atoms with van der Waals surface area (Å²) in [6.07, 6.45) is 5.15. The van der Waals surface area contributed by atoms with Gasteiger partial charge in [-0.05, 0) is 43.7 Å². The lowest BCUT2D eigenvalue weighted by molar-refractivity contribution is 0.0943. The van der Waals surface area contributed by atoms with Crippen LogP contribution in [0.5, 0.6) is 0 Å². The van der Waals surface area contributed by atoms with Crippen molar-refractivity contribution in [1.82, 2.24) is 20.3 Å². The third kappa shape index (κ3) is 3.43. The zero-order valence-corrected chi connectivity index (χ0v) is 13.7. The first-order valence-electron chi connectivity index (χ1n) is 7.25. The van der Waals surface area contributed by atoms with E-state index in [2.05, 4.69) is 20.3 Å². The number of aryl methyl sites for hydroxylation is 1. The van der Waals surface area contributed by atoms with Crippen molar-refractivity contribution in [2.45, 2.75) is 19.9 Å². The third-order valence-electron chi connectivity index (χ3n) is 3.44. The summed E-state index contributed by atoms with van der Waals surface area (Å²) >= 11 is 1.36. The van der Waals surface area contributed by atoms with E-state index in [0.717, 1.165) is 22.0 Å². The zero-order valence-electron chi connectivity index (χ0n) is 12.9. The Hall–Kier alpha value is -2.60. The number of hydrogen-bond acceptors (Lipinski definition) is 5. The number of rotatable bonds is 4. The Bertz CT molecular complexity index is 802. The van der Waals surface area contributed by atoms with Gasteiger partial charge in [0.2, 0.25) is 0 Å². The van der Waals surface area contributed by atoms with Gasteiger partial charge in [-0.2, -0.15) is 0 Å². The molecule has 3 rings (SSSR count). The van der Waals surface area contributed by atoms with Crippen LogP contribution in [0.4, 0.5) is 0 Å². The highest BCUT2D eigenvalue weighted by molar-refractivity contribution is 7.17. The maximum atomic E-state index is 12.5. The van der Waals surface area contributed by atoms with Crippen molar-refractivity contribution in [2.24, 2.45) is 0 Å². The van der Waals surface area contributed by atoms with Gasteiger partial charge in [-0.15, -0.1) is 11.3 Å². The molecule has 3 aromatic heterocycles. The Kier molecular flexibility index (Phi) is 4.43. The molecule has 1 N–H and O–H groups in total. The predicted octanol–water partition coefficient (Wildman–Crippen LogP) is 3.40. The molecule has 0 aliphatic heterocycles. The molecule has 116 valence electrons. The first-order chi connectivity index (χ1) is 11.1. The van der Waals surface area contributed by atoms with Crippen molar-refractivity contribution >= 4 is 17.2 Å². The first kappa shape index (κ1) is 15.3. The molecule has 1 atom stereocenters. The summed E-state index contributed by atoms with van der Waals surface area (Å²) in [5.74, 6) is -0.119. The van der Waals surface area contributed by atoms with E-state index in [0.29, 0.717) is 4.88 Å². The monoisotopic (exact) mass is 324 g/mol. The number of carbonyl (C=O) groups is 1. The largest absolute Gasteiger partial charge is 0.345 e. The van der Waals surface area contributed by atoms with Crippen LogP contribution in [0.15, 0.2) is 48.9 Å². The van der Waals surface area contributed by atoms with Crippen LogP contribution in [0.1, 0.15) is 33.9 Å². The molecule has 6 heteroatoms. The van der Waals surface area contributed by atoms with Gasteiger partial charge >= 0.3 is 0 Å². The fourth-order valence-electron chi connectivity index (χ4n) is 2.20. The van der Waals surface area contributed by atoms with Crippen molar-refractivity contribution in [3.63, 3.8) is 0 Å². The zero-order chi connectivity index (χ0) is 16.2. The molecule has 0 bridgehead atoms. The Labute approximate surface area is 138 Å². The van der Waals surface area contributed by atoms with Gasteiger partial charge < -0.3 is 5.32 Å². The minimum absolute atomic E-state index is 0.0923. The quantitative estimate of drug-likeness (QED) is 0.798. The molecule has 0 spiro atoms. The number of aromatic nitrogens is 3. The van der Waals surface area contributed by atoms with E-state index in [1.165, 1.54) is 11.3 Å². The molecule has 0 saturated heterocycles. The summed E-state index contributed by atoms with van der Waals surface area (Å²) in [7, 11) is 0. The Balaban J connectivity index is 1.79. The highest BCUT2D eigenvalue weighted by atomic mass is 32.1. The highest BCUT2D eigenvalue weighted by Crippen LogP contribution is 2.26. The van der Waals surface area contributed by atoms with Crippen molar-refractivity contribution in [1.29, 1.82) is 0 Å². The highest BCUT2D eigenvalue weighted by Gasteiger charge is 2.18. The molecule has 1 amide bonds. The van der Waals surface area contributed by atoms with E-state index in [4.69, 9.17) is 0 Å². The smallest absolute Gasteiger partial charge is 0.263 e. The van der Waals surface area contributed by atoms with Crippen molar-refractivity contribution < 1.29 is 4.79 Å². The molecular weight excluding hydrogens is 308 g/mol. The fraction of sp³-hybridized carbons (Fsp3) is 0.176. The van der Waals surface area contributed by atoms with E-state index in [1.807, 2.05) is 44.2 Å². The van der Waals surface area contributed by atoms with Crippen LogP contribution in [0.25, 0.3) is 10.7 Å². The molecule has 0 aromatic carbocycles. The van der Waals surface area contributed by atoms with Crippen LogP contribution < -0.4 is 5.32 Å². The molecule has 0 unspecified atom stereocenters. The van der Waals surface area contributed by atoms with Gasteiger partial charge in [-0.25, -0.2) is 4.98 Å². The van der Waals surface area contributed by atoms with Crippen LogP contribution >= 0.6 is 11.3 Å². The van der Waals surface area contributed by atoms with Gasteiger partial charge in [-0.1, -0.05) is 6.07 Å². The van der Waals surface area contributed by atoms with Gasteiger partial charge in [0.25, 0.3) is 5.91 Å². The van der Waals surface area contributed by atoms with E-state index >= 15 is 0 Å². The Morgan fingerprint density at radius 1 is 1.17 bits per heavy atom. The molecular formula is C17H16N4OS. The maximum Gasteiger partial charge on any atom is 0.263 e. The summed E-state index contributed by atoms with van der Waals surface area (Å²) in [6.45, 7) is 3.79. The maximum absolute atomic E-state index is 12.5. The molecule has 23 heavy (non-hydrogen) atoms. The SMILES string of the molecule is Cc1nc(-c2ccccn2)sc1C(=O)N[C@H](C)c1ccncc1. The van der Waals surface area contributed by atoms with E-state index < -0.39 is 0 Å². The lowest BCUT2D eigenvalue weighted by atomic mass is 10.1. The van der Waals surface area contributed by atoms with Gasteiger partial charge in [0.05, 0.1) is 17.4 Å². The Morgan fingerprint density at radius 3 is 2.65 bits per heavy atom. The predicted molar refractivity (Wildman–Crippen MR) is 90.2 cm³/mol. The molecule has 3 aromatic rings. The van der Waals surface area contributed by atoms with Crippen molar-refractivity contribution in [3.05, 3.63) is 65.1 Å². The second-order valence-corrected chi connectivity index (χ2v) is 6.12. The standard InChI is InChI=1S/C17H16N4OS/c1-11(13-6-9-18-10-7-13)20-16(22)15-12(2)21-17(23-15)14-5-3-4-8-19-14/h3-11H,1-2H3,(H,20,22)/t11-/m1/s1. The van der Waals surface area contributed by atoms with Gasteiger partial charge in [-0.3, -0.25) is 14.8 Å². The van der Waals surface area contributed by atoms with Gasteiger partial charge in [0, 0.05) is 18.6 Å². The second-order valence-electron chi connectivity index (χ2n) is 5.12. The summed E-state index contributed by atoms with van der Waals surface area (Å²) < 4.78 is 0. The lowest BCUT2D eigenvalue weighted by Gasteiger charge is -2.13. The number of hydrogen-bond donors (Lipinski definition) is 1. The first-order valence-corrected chi connectivity index (χ1v) is 8.06. The summed E-state index contributed by atoms with van der Waals surface area (Å²) in [5, 5.41) is 3.76. The van der Waals surface area contributed by atoms with Crippen molar-refractivity contribution in [3.8, 4) is 10.7 Å². The number of carbonyl (C=O) groups excluding carboxylic acids is 1. The molecule has 0 saturated carbocycles. The van der Waals surface area contributed by atoms with E-state index in [-0.39, 0.29) is 11.9 Å². The molecule has 0 aliphatic rings. The average molecular weight is 324 g/mol. The summed E-state index contributed by atoms with van der Waals surface area (Å²) in [5.41, 5.74) is 2.51. The number of thiazole rings is 1. The lowest BCUT2D eigenvalue weighted by Crippen LogP contribution is -2.26. The molecule has 0 radical (unpaired) electrons. The minimum atomic E-state index is -0.119. The van der Waals surface area contributed by atoms with Crippen LogP contribution in [0.2, 0.25) is 0 Å². The van der Waals surface area contributed by atoms with Crippen LogP contribution in [0, 0.1) is 6.92 Å². The summed E-state index contributed by atoms with van der Waals surface area (Å²) in [6, 6.07) is 9.34. The molecule has 0 fully saturated rings. The Morgan fingerprint density at radius 2 is 1.96 bits per heavy atom. The minimum Gasteiger partial charge on any atom is -0.345 e. The molecule has 3 heterocycles. The summed E-state index contributed by atoms with van der Waals surface area (Å²) in [4.78, 5) is 25.9. The van der Waals surface area contributed by atoms with Gasteiger partial charge in [0.1, 0.15) is 9.88 Å². The molecule has 0 aliphatic carbocycles. The second kappa shape index (κ2) is 6.66. The van der Waals surface area contributed by atoms with Crippen LogP contribution in [-0.4, -0.2) is 20.9 Å². The number of pyridine rings is 2. The average Bonchev–Trinajstić information content (AvgIpc) is 2.98. The number of nitrogens with zero attached hydrogens (tertiary/aromatic N) is 3. The van der Waals surface area contributed by atoms with E-state index in [9.17, 15) is 4.79 Å². The van der Waals surface area contributed by atoms with Crippen molar-refractivity contribution in [2.75, 3.05) is 0 Å². The number of nitrogens with one attached hydrogen (secondary N) is 1. The molecule has 5 nitrogen and oxygen atoms in total. The van der Waals surface area contributed by atoms with E-state index in [1.54, 1.807) is 18.6 Å².